The van der Waals surface area contributed by atoms with E-state index in [1.54, 1.807) is 0 Å². The first-order chi connectivity index (χ1) is 10.5. The topological polar surface area (TPSA) is 85.9 Å². The van der Waals surface area contributed by atoms with E-state index < -0.39 is 10.0 Å². The number of hydrogen-bond acceptors (Lipinski definition) is 6. The number of methoxy groups -OCH3 is 3. The van der Waals surface area contributed by atoms with Crippen molar-refractivity contribution < 1.29 is 22.6 Å². The van der Waals surface area contributed by atoms with Crippen molar-refractivity contribution in [2.45, 2.75) is 23.8 Å². The molecule has 0 radical (unpaired) electrons. The molecule has 0 bridgehead atoms. The standard InChI is InChI=1S/C14H22N2O5S/c1-19-11-8-12(20-2)14(13(9-11)21-3)22(17,18)16-7-6-15-10-4-5-10/h8-10,15-16H,4-7H2,1-3H3. The van der Waals surface area contributed by atoms with Crippen molar-refractivity contribution in [1.29, 1.82) is 0 Å². The van der Waals surface area contributed by atoms with Crippen LogP contribution >= 0.6 is 0 Å². The molecule has 0 aromatic heterocycles. The molecule has 0 spiro atoms. The maximum Gasteiger partial charge on any atom is 0.248 e. The summed E-state index contributed by atoms with van der Waals surface area (Å²) in [5.41, 5.74) is 0. The van der Waals surface area contributed by atoms with Gasteiger partial charge >= 0.3 is 0 Å². The van der Waals surface area contributed by atoms with E-state index in [1.807, 2.05) is 0 Å². The Kier molecular flexibility index (Phi) is 5.49. The maximum absolute atomic E-state index is 12.5. The summed E-state index contributed by atoms with van der Waals surface area (Å²) in [6.07, 6.45) is 2.32. The quantitative estimate of drug-likeness (QED) is 0.650. The van der Waals surface area contributed by atoms with Gasteiger partial charge < -0.3 is 19.5 Å². The van der Waals surface area contributed by atoms with Gasteiger partial charge in [-0.15, -0.1) is 0 Å². The second-order valence-electron chi connectivity index (χ2n) is 4.99. The highest BCUT2D eigenvalue weighted by Gasteiger charge is 2.26. The summed E-state index contributed by atoms with van der Waals surface area (Å²) in [5, 5.41) is 3.25. The van der Waals surface area contributed by atoms with Gasteiger partial charge in [-0.1, -0.05) is 0 Å². The second kappa shape index (κ2) is 7.17. The van der Waals surface area contributed by atoms with Gasteiger partial charge in [-0.25, -0.2) is 13.1 Å². The molecule has 1 saturated carbocycles. The van der Waals surface area contributed by atoms with E-state index in [0.29, 0.717) is 24.9 Å². The zero-order chi connectivity index (χ0) is 16.2. The van der Waals surface area contributed by atoms with Crippen LogP contribution < -0.4 is 24.2 Å². The smallest absolute Gasteiger partial charge is 0.248 e. The normalized spacial score (nSPS) is 14.7. The summed E-state index contributed by atoms with van der Waals surface area (Å²) < 4.78 is 43.0. The van der Waals surface area contributed by atoms with E-state index in [2.05, 4.69) is 10.0 Å². The van der Waals surface area contributed by atoms with E-state index in [0.717, 1.165) is 12.8 Å². The average molecular weight is 330 g/mol. The highest BCUT2D eigenvalue weighted by Crippen LogP contribution is 2.37. The van der Waals surface area contributed by atoms with Crippen LogP contribution in [0.25, 0.3) is 0 Å². The van der Waals surface area contributed by atoms with Gasteiger partial charge in [0.25, 0.3) is 0 Å². The van der Waals surface area contributed by atoms with Crippen LogP contribution in [0, 0.1) is 0 Å². The first-order valence-corrected chi connectivity index (χ1v) is 8.53. The van der Waals surface area contributed by atoms with Crippen LogP contribution in [0.15, 0.2) is 17.0 Å². The van der Waals surface area contributed by atoms with Crippen LogP contribution in [0.1, 0.15) is 12.8 Å². The minimum Gasteiger partial charge on any atom is -0.496 e. The number of ether oxygens (including phenoxy) is 3. The molecule has 1 aliphatic carbocycles. The zero-order valence-corrected chi connectivity index (χ0v) is 13.8. The molecule has 1 aromatic rings. The van der Waals surface area contributed by atoms with Crippen molar-refractivity contribution in [3.8, 4) is 17.2 Å². The molecule has 7 nitrogen and oxygen atoms in total. The Hall–Kier alpha value is -1.51. The van der Waals surface area contributed by atoms with Crippen molar-refractivity contribution in [2.24, 2.45) is 0 Å². The summed E-state index contributed by atoms with van der Waals surface area (Å²) in [7, 11) is 0.556. The molecular weight excluding hydrogens is 308 g/mol. The number of hydrogen-bond donors (Lipinski definition) is 2. The Morgan fingerprint density at radius 3 is 2.09 bits per heavy atom. The molecule has 8 heteroatoms. The van der Waals surface area contributed by atoms with E-state index in [1.165, 1.54) is 33.5 Å². The molecule has 1 aliphatic rings. The van der Waals surface area contributed by atoms with Crippen LogP contribution in [0.2, 0.25) is 0 Å². The fraction of sp³-hybridized carbons (Fsp3) is 0.571. The first kappa shape index (κ1) is 16.9. The Morgan fingerprint density at radius 2 is 1.64 bits per heavy atom. The van der Waals surface area contributed by atoms with E-state index in [-0.39, 0.29) is 16.4 Å². The van der Waals surface area contributed by atoms with Crippen molar-refractivity contribution in [3.63, 3.8) is 0 Å². The zero-order valence-electron chi connectivity index (χ0n) is 13.0. The molecule has 1 fully saturated rings. The van der Waals surface area contributed by atoms with Gasteiger partial charge in [0.15, 0.2) is 4.90 Å². The van der Waals surface area contributed by atoms with Crippen molar-refractivity contribution in [3.05, 3.63) is 12.1 Å². The summed E-state index contributed by atoms with van der Waals surface area (Å²) in [5.74, 6) is 0.820. The Labute approximate surface area is 131 Å². The third-order valence-electron chi connectivity index (χ3n) is 3.37. The van der Waals surface area contributed by atoms with E-state index in [9.17, 15) is 8.42 Å². The van der Waals surface area contributed by atoms with Gasteiger partial charge in [0, 0.05) is 31.3 Å². The maximum atomic E-state index is 12.5. The highest BCUT2D eigenvalue weighted by atomic mass is 32.2. The molecule has 124 valence electrons. The molecule has 0 saturated heterocycles. The lowest BCUT2D eigenvalue weighted by atomic mass is 10.3. The van der Waals surface area contributed by atoms with Crippen LogP contribution in [0.3, 0.4) is 0 Å². The summed E-state index contributed by atoms with van der Waals surface area (Å²) in [6, 6.07) is 3.56. The van der Waals surface area contributed by atoms with Crippen LogP contribution in [-0.2, 0) is 10.0 Å². The molecule has 0 unspecified atom stereocenters. The van der Waals surface area contributed by atoms with Crippen LogP contribution in [0.5, 0.6) is 17.2 Å². The van der Waals surface area contributed by atoms with Gasteiger partial charge in [-0.2, -0.15) is 0 Å². The number of benzene rings is 1. The fourth-order valence-electron chi connectivity index (χ4n) is 2.06. The predicted octanol–water partition coefficient (Wildman–Crippen LogP) is 0.743. The predicted molar refractivity (Wildman–Crippen MR) is 82.3 cm³/mol. The van der Waals surface area contributed by atoms with Crippen molar-refractivity contribution in [2.75, 3.05) is 34.4 Å². The molecule has 0 atom stereocenters. The monoisotopic (exact) mass is 330 g/mol. The van der Waals surface area contributed by atoms with E-state index in [4.69, 9.17) is 14.2 Å². The molecule has 22 heavy (non-hydrogen) atoms. The Morgan fingerprint density at radius 1 is 1.05 bits per heavy atom. The Bertz CT molecular complexity index is 589. The van der Waals surface area contributed by atoms with Crippen LogP contribution in [-0.4, -0.2) is 48.9 Å². The van der Waals surface area contributed by atoms with E-state index >= 15 is 0 Å². The molecule has 0 aliphatic heterocycles. The van der Waals surface area contributed by atoms with Crippen molar-refractivity contribution >= 4 is 10.0 Å². The highest BCUT2D eigenvalue weighted by molar-refractivity contribution is 7.89. The SMILES string of the molecule is COc1cc(OC)c(S(=O)(=O)NCCNC2CC2)c(OC)c1. The lowest BCUT2D eigenvalue weighted by Gasteiger charge is -2.15. The molecule has 2 rings (SSSR count). The minimum atomic E-state index is -3.74. The Balaban J connectivity index is 2.19. The number of sulfonamides is 1. The first-order valence-electron chi connectivity index (χ1n) is 7.05. The third-order valence-corrected chi connectivity index (χ3v) is 4.89. The minimum absolute atomic E-state index is 0.0234. The molecular formula is C14H22N2O5S. The summed E-state index contributed by atoms with van der Waals surface area (Å²) in [4.78, 5) is -0.0234. The lowest BCUT2D eigenvalue weighted by Crippen LogP contribution is -2.33. The van der Waals surface area contributed by atoms with Crippen molar-refractivity contribution in [1.82, 2.24) is 10.0 Å². The lowest BCUT2D eigenvalue weighted by molar-refractivity contribution is 0.358. The number of nitrogens with one attached hydrogen (secondary N) is 2. The van der Waals surface area contributed by atoms with Gasteiger partial charge in [-0.3, -0.25) is 0 Å². The summed E-state index contributed by atoms with van der Waals surface area (Å²) in [6.45, 7) is 0.891. The largest absolute Gasteiger partial charge is 0.496 e. The molecule has 0 amide bonds. The number of rotatable bonds is 9. The summed E-state index contributed by atoms with van der Waals surface area (Å²) >= 11 is 0. The molecule has 0 heterocycles. The van der Waals surface area contributed by atoms with Gasteiger partial charge in [0.1, 0.15) is 17.2 Å². The fourth-order valence-corrected chi connectivity index (χ4v) is 3.39. The van der Waals surface area contributed by atoms with Crippen LogP contribution in [0.4, 0.5) is 0 Å². The molecule has 2 N–H and O–H groups in total. The molecule has 1 aromatic carbocycles. The second-order valence-corrected chi connectivity index (χ2v) is 6.69. The van der Waals surface area contributed by atoms with Gasteiger partial charge in [-0.05, 0) is 12.8 Å². The van der Waals surface area contributed by atoms with Gasteiger partial charge in [0.05, 0.1) is 21.3 Å². The third kappa shape index (κ3) is 4.02. The average Bonchev–Trinajstić information content (AvgIpc) is 3.34. The van der Waals surface area contributed by atoms with Gasteiger partial charge in [0.2, 0.25) is 10.0 Å².